The third kappa shape index (κ3) is 5.83. The van der Waals surface area contributed by atoms with E-state index in [9.17, 15) is 14.9 Å². The fourth-order valence-electron chi connectivity index (χ4n) is 9.40. The molecule has 4 aliphatic rings. The fraction of sp³-hybridized carbons (Fsp3) is 0.735. The number of ether oxygens (including phenoxy) is 2. The van der Waals surface area contributed by atoms with Crippen LogP contribution < -0.4 is 4.74 Å². The van der Waals surface area contributed by atoms with Gasteiger partial charge in [0.25, 0.3) is 5.69 Å². The Bertz CT molecular complexity index is 1100. The van der Waals surface area contributed by atoms with Crippen LogP contribution in [0.2, 0.25) is 0 Å². The summed E-state index contributed by atoms with van der Waals surface area (Å²) in [6.07, 6.45) is 20.7. The Kier molecular flexibility index (Phi) is 8.92. The smallest absolute Gasteiger partial charge is 0.430 e. The van der Waals surface area contributed by atoms with Gasteiger partial charge in [0.15, 0.2) is 0 Å². The molecular weight excluding hydrogens is 502 g/mol. The Morgan fingerprint density at radius 2 is 1.82 bits per heavy atom. The number of allylic oxidation sites excluding steroid dienone is 1. The normalized spacial score (nSPS) is 34.7. The van der Waals surface area contributed by atoms with Crippen LogP contribution in [-0.2, 0) is 4.74 Å². The first kappa shape index (κ1) is 29.1. The second-order valence-electron chi connectivity index (χ2n) is 13.7. The van der Waals surface area contributed by atoms with Gasteiger partial charge in [-0.2, -0.15) is 0 Å². The number of unbranched alkanes of at least 4 members (excludes halogenated alkanes) is 5. The summed E-state index contributed by atoms with van der Waals surface area (Å²) in [4.78, 5) is 23.1. The van der Waals surface area contributed by atoms with Gasteiger partial charge in [-0.05, 0) is 91.9 Å². The first-order chi connectivity index (χ1) is 19.2. The van der Waals surface area contributed by atoms with Crippen molar-refractivity contribution in [2.75, 3.05) is 0 Å². The Morgan fingerprint density at radius 1 is 1.02 bits per heavy atom. The molecule has 3 fully saturated rings. The van der Waals surface area contributed by atoms with E-state index in [0.717, 1.165) is 42.9 Å². The van der Waals surface area contributed by atoms with E-state index in [2.05, 4.69) is 26.8 Å². The van der Waals surface area contributed by atoms with Gasteiger partial charge in [0.2, 0.25) is 0 Å². The maximum absolute atomic E-state index is 12.5. The predicted molar refractivity (Wildman–Crippen MR) is 157 cm³/mol. The lowest BCUT2D eigenvalue weighted by Crippen LogP contribution is -2.50. The molecule has 6 heteroatoms. The van der Waals surface area contributed by atoms with Gasteiger partial charge in [-0.15, -0.1) is 0 Å². The number of carbonyl (C=O) groups is 1. The number of nitro benzene ring substituents is 1. The van der Waals surface area contributed by atoms with Crippen molar-refractivity contribution in [2.24, 2.45) is 34.5 Å². The van der Waals surface area contributed by atoms with Crippen molar-refractivity contribution < 1.29 is 19.2 Å². The van der Waals surface area contributed by atoms with Gasteiger partial charge in [-0.3, -0.25) is 10.1 Å². The molecule has 0 bridgehead atoms. The van der Waals surface area contributed by atoms with Crippen molar-refractivity contribution in [3.05, 3.63) is 46.0 Å². The zero-order valence-electron chi connectivity index (χ0n) is 24.9. The van der Waals surface area contributed by atoms with Crippen molar-refractivity contribution in [2.45, 2.75) is 123 Å². The summed E-state index contributed by atoms with van der Waals surface area (Å²) >= 11 is 0. The molecule has 7 unspecified atom stereocenters. The molecule has 1 aromatic rings. The maximum Gasteiger partial charge on any atom is 0.514 e. The highest BCUT2D eigenvalue weighted by Crippen LogP contribution is 2.66. The number of hydrogen-bond acceptors (Lipinski definition) is 5. The number of rotatable bonds is 10. The number of nitro groups is 1. The fourth-order valence-corrected chi connectivity index (χ4v) is 9.40. The number of fused-ring (bicyclic) bond motifs is 5. The Balaban J connectivity index is 1.17. The summed E-state index contributed by atoms with van der Waals surface area (Å²) in [6.45, 7) is 7.42. The average Bonchev–Trinajstić information content (AvgIpc) is 3.27. The van der Waals surface area contributed by atoms with Crippen molar-refractivity contribution >= 4 is 11.8 Å². The van der Waals surface area contributed by atoms with E-state index in [1.807, 2.05) is 0 Å². The standard InChI is InChI=1S/C34H49NO5/c1-4-5-6-7-8-9-11-24-15-17-30-29-16-14-25-22-28(18-20-34(25,3)31(29)19-21-33(24,30)2)40-32(36)39-27-13-10-12-26(23-27)35(37)38/h10,12-14,23-24,28-31H,4-9,11,15-22H2,1-3H3. The van der Waals surface area contributed by atoms with E-state index in [-0.39, 0.29) is 23.0 Å². The van der Waals surface area contributed by atoms with Gasteiger partial charge in [0.05, 0.1) is 11.0 Å². The lowest BCUT2D eigenvalue weighted by Gasteiger charge is -2.58. The van der Waals surface area contributed by atoms with E-state index in [0.29, 0.717) is 5.41 Å². The Morgan fingerprint density at radius 3 is 2.62 bits per heavy atom. The molecule has 220 valence electrons. The molecule has 0 heterocycles. The molecule has 40 heavy (non-hydrogen) atoms. The van der Waals surface area contributed by atoms with Gasteiger partial charge >= 0.3 is 6.16 Å². The first-order valence-corrected chi connectivity index (χ1v) is 16.1. The summed E-state index contributed by atoms with van der Waals surface area (Å²) in [5.74, 6) is 3.42. The van der Waals surface area contributed by atoms with Crippen molar-refractivity contribution in [1.29, 1.82) is 0 Å². The minimum Gasteiger partial charge on any atom is -0.430 e. The molecule has 0 N–H and O–H groups in total. The minimum atomic E-state index is -0.779. The van der Waals surface area contributed by atoms with E-state index in [4.69, 9.17) is 9.47 Å². The molecule has 0 saturated heterocycles. The van der Waals surface area contributed by atoms with Crippen LogP contribution in [-0.4, -0.2) is 17.2 Å². The number of benzene rings is 1. The first-order valence-electron chi connectivity index (χ1n) is 16.1. The Hall–Kier alpha value is -2.37. The maximum atomic E-state index is 12.5. The summed E-state index contributed by atoms with van der Waals surface area (Å²) in [7, 11) is 0. The lowest BCUT2D eigenvalue weighted by molar-refractivity contribution is -0.384. The molecule has 0 radical (unpaired) electrons. The highest BCUT2D eigenvalue weighted by molar-refractivity contribution is 5.64. The van der Waals surface area contributed by atoms with Gasteiger partial charge in [0.1, 0.15) is 11.9 Å². The highest BCUT2D eigenvalue weighted by Gasteiger charge is 2.58. The lowest BCUT2D eigenvalue weighted by atomic mass is 9.47. The molecule has 0 spiro atoms. The van der Waals surface area contributed by atoms with Gasteiger partial charge in [-0.1, -0.05) is 77.0 Å². The van der Waals surface area contributed by atoms with E-state index < -0.39 is 11.1 Å². The van der Waals surface area contributed by atoms with Crippen molar-refractivity contribution in [1.82, 2.24) is 0 Å². The molecule has 0 amide bonds. The molecular formula is C34H49NO5. The van der Waals surface area contributed by atoms with Crippen LogP contribution >= 0.6 is 0 Å². The third-order valence-electron chi connectivity index (χ3n) is 11.7. The predicted octanol–water partition coefficient (Wildman–Crippen LogP) is 9.81. The van der Waals surface area contributed by atoms with Crippen molar-refractivity contribution in [3.63, 3.8) is 0 Å². The second kappa shape index (κ2) is 12.2. The monoisotopic (exact) mass is 551 g/mol. The zero-order valence-corrected chi connectivity index (χ0v) is 24.9. The van der Waals surface area contributed by atoms with Crippen LogP contribution in [0.1, 0.15) is 117 Å². The van der Waals surface area contributed by atoms with Crippen LogP contribution in [0.5, 0.6) is 5.75 Å². The van der Waals surface area contributed by atoms with Gasteiger partial charge in [0, 0.05) is 12.5 Å². The third-order valence-corrected chi connectivity index (χ3v) is 11.7. The van der Waals surface area contributed by atoms with Gasteiger partial charge in [-0.25, -0.2) is 4.79 Å². The summed E-state index contributed by atoms with van der Waals surface area (Å²) in [6, 6.07) is 5.67. The molecule has 0 aliphatic heterocycles. The van der Waals surface area contributed by atoms with Crippen molar-refractivity contribution in [3.8, 4) is 5.75 Å². The number of non-ortho nitro benzene ring substituents is 1. The largest absolute Gasteiger partial charge is 0.514 e. The molecule has 0 aromatic heterocycles. The summed E-state index contributed by atoms with van der Waals surface area (Å²) in [5.41, 5.74) is 2.08. The topological polar surface area (TPSA) is 78.7 Å². The molecule has 6 nitrogen and oxygen atoms in total. The van der Waals surface area contributed by atoms with E-state index >= 15 is 0 Å². The van der Waals surface area contributed by atoms with Crippen LogP contribution in [0.3, 0.4) is 0 Å². The molecule has 1 aromatic carbocycles. The van der Waals surface area contributed by atoms with Gasteiger partial charge < -0.3 is 9.47 Å². The zero-order chi connectivity index (χ0) is 28.3. The van der Waals surface area contributed by atoms with E-state index in [1.54, 1.807) is 0 Å². The summed E-state index contributed by atoms with van der Waals surface area (Å²) < 4.78 is 11.0. The van der Waals surface area contributed by atoms with Crippen LogP contribution in [0.15, 0.2) is 35.9 Å². The SMILES string of the molecule is CCCCCCCCC1CCC2C3CC=C4CC(OC(=O)Oc5cccc([N+](=O)[O-])c5)CCC4(C)C3CCC12C. The molecule has 5 rings (SSSR count). The summed E-state index contributed by atoms with van der Waals surface area (Å²) in [5, 5.41) is 11.0. The second-order valence-corrected chi connectivity index (χ2v) is 13.7. The molecule has 7 atom stereocenters. The van der Waals surface area contributed by atoms with Crippen LogP contribution in [0.4, 0.5) is 10.5 Å². The number of carbonyl (C=O) groups excluding carboxylic acids is 1. The average molecular weight is 552 g/mol. The molecule has 4 aliphatic carbocycles. The van der Waals surface area contributed by atoms with Crippen LogP contribution in [0.25, 0.3) is 0 Å². The van der Waals surface area contributed by atoms with Crippen LogP contribution in [0, 0.1) is 44.6 Å². The molecule has 3 saturated carbocycles. The number of hydrogen-bond donors (Lipinski definition) is 0. The quantitative estimate of drug-likeness (QED) is 0.0722. The Labute approximate surface area is 240 Å². The van der Waals surface area contributed by atoms with E-state index in [1.165, 1.54) is 107 Å². The number of nitrogens with zero attached hydrogens (tertiary/aromatic N) is 1. The minimum absolute atomic E-state index is 0.111. The highest BCUT2D eigenvalue weighted by atomic mass is 16.7.